The number of amides is 1. The first kappa shape index (κ1) is 21.8. The van der Waals surface area contributed by atoms with Gasteiger partial charge in [-0.25, -0.2) is 13.2 Å². The third-order valence-corrected chi connectivity index (χ3v) is 5.93. The average Bonchev–Trinajstić information content (AvgIpc) is 2.96. The molecule has 1 amide bonds. The van der Waals surface area contributed by atoms with Gasteiger partial charge >= 0.3 is 5.97 Å². The first-order valence-corrected chi connectivity index (χ1v) is 11.0. The maximum Gasteiger partial charge on any atom is 0.331 e. The van der Waals surface area contributed by atoms with Crippen molar-refractivity contribution in [3.05, 3.63) is 64.7 Å². The molecule has 1 atom stereocenters. The number of amidine groups is 1. The summed E-state index contributed by atoms with van der Waals surface area (Å²) in [6.45, 7) is 1.38. The van der Waals surface area contributed by atoms with E-state index in [9.17, 15) is 18.0 Å². The van der Waals surface area contributed by atoms with Gasteiger partial charge < -0.3 is 10.1 Å². The Balaban J connectivity index is 1.49. The minimum absolute atomic E-state index is 0.0704. The van der Waals surface area contributed by atoms with Gasteiger partial charge in [-0.15, -0.1) is 0 Å². The second-order valence-corrected chi connectivity index (χ2v) is 8.68. The van der Waals surface area contributed by atoms with E-state index in [0.29, 0.717) is 23.6 Å². The molecule has 0 unspecified atom stereocenters. The molecule has 0 saturated carbocycles. The maximum atomic E-state index is 12.1. The molecule has 2 aromatic rings. The Morgan fingerprint density at radius 1 is 1.20 bits per heavy atom. The lowest BCUT2D eigenvalue weighted by atomic mass is 10.1. The standard InChI is InChI=1S/C20H20ClN3O5S/c1-13(23-19-16-7-2-3-8-17(16)30(27,28)24-19)20(26)29-12-18(25)22-10-9-14-5-4-6-15(21)11-14/h2-8,11,13H,9-10,12H2,1H3,(H,22,25)(H,23,24)/t13-/m0/s1. The maximum absolute atomic E-state index is 12.1. The summed E-state index contributed by atoms with van der Waals surface area (Å²) in [4.78, 5) is 28.2. The van der Waals surface area contributed by atoms with Gasteiger partial charge in [-0.3, -0.25) is 14.5 Å². The second kappa shape index (κ2) is 9.27. The molecule has 0 bridgehead atoms. The molecule has 8 nitrogen and oxygen atoms in total. The Morgan fingerprint density at radius 2 is 1.97 bits per heavy atom. The molecular weight excluding hydrogens is 430 g/mol. The highest BCUT2D eigenvalue weighted by molar-refractivity contribution is 7.90. The van der Waals surface area contributed by atoms with Crippen LogP contribution in [0.25, 0.3) is 0 Å². The Morgan fingerprint density at radius 3 is 2.73 bits per heavy atom. The molecule has 0 fully saturated rings. The number of nitrogens with zero attached hydrogens (tertiary/aromatic N) is 1. The van der Waals surface area contributed by atoms with Crippen molar-refractivity contribution in [2.45, 2.75) is 24.3 Å². The highest BCUT2D eigenvalue weighted by Crippen LogP contribution is 2.22. The van der Waals surface area contributed by atoms with Crippen LogP contribution in [0.3, 0.4) is 0 Å². The van der Waals surface area contributed by atoms with Crippen LogP contribution in [0, 0.1) is 0 Å². The van der Waals surface area contributed by atoms with E-state index in [1.54, 1.807) is 24.3 Å². The number of aliphatic imine (C=N–C) groups is 1. The predicted octanol–water partition coefficient (Wildman–Crippen LogP) is 1.67. The molecule has 2 N–H and O–H groups in total. The van der Waals surface area contributed by atoms with Gasteiger partial charge in [-0.05, 0) is 43.2 Å². The van der Waals surface area contributed by atoms with Crippen LogP contribution in [0.5, 0.6) is 0 Å². The Kier molecular flexibility index (Phi) is 6.73. The van der Waals surface area contributed by atoms with Gasteiger partial charge in [0.15, 0.2) is 6.61 Å². The molecule has 1 aliphatic heterocycles. The summed E-state index contributed by atoms with van der Waals surface area (Å²) in [6.07, 6.45) is 0.587. The first-order chi connectivity index (χ1) is 14.3. The van der Waals surface area contributed by atoms with Gasteiger partial charge in [0.1, 0.15) is 11.9 Å². The number of ether oxygens (including phenoxy) is 1. The summed E-state index contributed by atoms with van der Waals surface area (Å²) < 4.78 is 31.5. The van der Waals surface area contributed by atoms with Crippen LogP contribution in [0.1, 0.15) is 18.1 Å². The summed E-state index contributed by atoms with van der Waals surface area (Å²) in [5.41, 5.74) is 1.36. The molecule has 158 valence electrons. The smallest absolute Gasteiger partial charge is 0.331 e. The van der Waals surface area contributed by atoms with E-state index < -0.39 is 34.5 Å². The lowest BCUT2D eigenvalue weighted by Crippen LogP contribution is -2.32. The largest absolute Gasteiger partial charge is 0.454 e. The lowest BCUT2D eigenvalue weighted by Gasteiger charge is -2.10. The average molecular weight is 450 g/mol. The van der Waals surface area contributed by atoms with Gasteiger partial charge in [-0.2, -0.15) is 0 Å². The summed E-state index contributed by atoms with van der Waals surface area (Å²) in [6, 6.07) is 12.6. The molecule has 0 saturated heterocycles. The molecular formula is C20H20ClN3O5S. The van der Waals surface area contributed by atoms with E-state index in [0.717, 1.165) is 5.56 Å². The zero-order chi connectivity index (χ0) is 21.7. The molecule has 0 radical (unpaired) electrons. The third-order valence-electron chi connectivity index (χ3n) is 4.30. The normalized spacial score (nSPS) is 16.4. The third kappa shape index (κ3) is 5.37. The zero-order valence-electron chi connectivity index (χ0n) is 16.1. The number of sulfonamides is 1. The minimum Gasteiger partial charge on any atom is -0.454 e. The molecule has 3 rings (SSSR count). The van der Waals surface area contributed by atoms with Gasteiger partial charge in [0.05, 0.1) is 4.90 Å². The Labute approximate surface area is 179 Å². The van der Waals surface area contributed by atoms with Gasteiger partial charge in [0.25, 0.3) is 15.9 Å². The fourth-order valence-corrected chi connectivity index (χ4v) is 4.28. The van der Waals surface area contributed by atoms with Gasteiger partial charge in [0, 0.05) is 17.1 Å². The molecule has 30 heavy (non-hydrogen) atoms. The van der Waals surface area contributed by atoms with Crippen LogP contribution in [0.4, 0.5) is 0 Å². The van der Waals surface area contributed by atoms with Crippen LogP contribution in [0.15, 0.2) is 58.4 Å². The van der Waals surface area contributed by atoms with Crippen molar-refractivity contribution in [1.82, 2.24) is 10.0 Å². The van der Waals surface area contributed by atoms with Crippen molar-refractivity contribution >= 4 is 39.3 Å². The summed E-state index contributed by atoms with van der Waals surface area (Å²) >= 11 is 5.91. The zero-order valence-corrected chi connectivity index (χ0v) is 17.7. The summed E-state index contributed by atoms with van der Waals surface area (Å²) in [7, 11) is -3.69. The first-order valence-electron chi connectivity index (χ1n) is 9.14. The van der Waals surface area contributed by atoms with Crippen molar-refractivity contribution in [2.24, 2.45) is 4.99 Å². The number of hydrogen-bond acceptors (Lipinski definition) is 6. The minimum atomic E-state index is -3.69. The van der Waals surface area contributed by atoms with Crippen molar-refractivity contribution in [2.75, 3.05) is 13.2 Å². The highest BCUT2D eigenvalue weighted by atomic mass is 35.5. The Bertz CT molecular complexity index is 1100. The molecule has 1 aliphatic rings. The molecule has 0 spiro atoms. The van der Waals surface area contributed by atoms with Crippen LogP contribution in [-0.4, -0.2) is 45.3 Å². The van der Waals surface area contributed by atoms with Crippen LogP contribution in [0.2, 0.25) is 5.02 Å². The molecule has 0 aromatic heterocycles. The summed E-state index contributed by atoms with van der Waals surface area (Å²) in [5.74, 6) is -1.12. The summed E-state index contributed by atoms with van der Waals surface area (Å²) in [5, 5.41) is 3.28. The topological polar surface area (TPSA) is 114 Å². The predicted molar refractivity (Wildman–Crippen MR) is 112 cm³/mol. The van der Waals surface area contributed by atoms with Crippen molar-refractivity contribution < 1.29 is 22.7 Å². The van der Waals surface area contributed by atoms with E-state index in [2.05, 4.69) is 15.0 Å². The molecule has 10 heteroatoms. The fourth-order valence-electron chi connectivity index (χ4n) is 2.82. The number of fused-ring (bicyclic) bond motifs is 1. The monoisotopic (exact) mass is 449 g/mol. The number of carbonyl (C=O) groups is 2. The van der Waals surface area contributed by atoms with E-state index in [-0.39, 0.29) is 10.7 Å². The van der Waals surface area contributed by atoms with E-state index in [1.165, 1.54) is 13.0 Å². The molecule has 2 aromatic carbocycles. The molecule has 1 heterocycles. The van der Waals surface area contributed by atoms with Crippen molar-refractivity contribution in [3.63, 3.8) is 0 Å². The number of benzene rings is 2. The van der Waals surface area contributed by atoms with Gasteiger partial charge in [0.2, 0.25) is 0 Å². The number of carbonyl (C=O) groups excluding carboxylic acids is 2. The Hall–Kier alpha value is -2.91. The van der Waals surface area contributed by atoms with E-state index in [4.69, 9.17) is 16.3 Å². The number of hydrogen-bond donors (Lipinski definition) is 2. The van der Waals surface area contributed by atoms with Crippen molar-refractivity contribution in [1.29, 1.82) is 0 Å². The number of nitrogens with one attached hydrogen (secondary N) is 2. The number of esters is 1. The van der Waals surface area contributed by atoms with E-state index >= 15 is 0 Å². The molecule has 0 aliphatic carbocycles. The fraction of sp³-hybridized carbons (Fsp3) is 0.250. The number of halogens is 1. The second-order valence-electron chi connectivity index (χ2n) is 6.59. The van der Waals surface area contributed by atoms with Gasteiger partial charge in [-0.1, -0.05) is 35.9 Å². The van der Waals surface area contributed by atoms with Crippen LogP contribution in [-0.2, 0) is 30.8 Å². The van der Waals surface area contributed by atoms with E-state index in [1.807, 2.05) is 18.2 Å². The quantitative estimate of drug-likeness (QED) is 0.624. The number of rotatable bonds is 7. The SMILES string of the molecule is C[C@H](N=C1NS(=O)(=O)c2ccccc21)C(=O)OCC(=O)NCCc1cccc(Cl)c1. The highest BCUT2D eigenvalue weighted by Gasteiger charge is 2.31. The van der Waals surface area contributed by atoms with Crippen LogP contribution < -0.4 is 10.0 Å². The van der Waals surface area contributed by atoms with Crippen molar-refractivity contribution in [3.8, 4) is 0 Å². The van der Waals surface area contributed by atoms with Crippen LogP contribution >= 0.6 is 11.6 Å². The lowest BCUT2D eigenvalue weighted by molar-refractivity contribution is -0.149.